The van der Waals surface area contributed by atoms with E-state index in [-0.39, 0.29) is 11.4 Å². The van der Waals surface area contributed by atoms with Crippen molar-refractivity contribution >= 4 is 5.91 Å². The van der Waals surface area contributed by atoms with E-state index in [1.165, 1.54) is 0 Å². The topological polar surface area (TPSA) is 38.3 Å². The van der Waals surface area contributed by atoms with Crippen LogP contribution in [0.2, 0.25) is 0 Å². The Kier molecular flexibility index (Phi) is 2.62. The van der Waals surface area contributed by atoms with Crippen LogP contribution in [0.1, 0.15) is 35.7 Å². The van der Waals surface area contributed by atoms with Crippen molar-refractivity contribution in [3.05, 3.63) is 29.3 Å². The van der Waals surface area contributed by atoms with Gasteiger partial charge in [-0.1, -0.05) is 6.07 Å². The maximum atomic E-state index is 12.0. The third-order valence-corrected chi connectivity index (χ3v) is 3.02. The van der Waals surface area contributed by atoms with Crippen LogP contribution in [0.15, 0.2) is 18.2 Å². The molecular weight excluding hydrogens is 202 g/mol. The van der Waals surface area contributed by atoms with Crippen LogP contribution in [-0.2, 0) is 0 Å². The van der Waals surface area contributed by atoms with Gasteiger partial charge >= 0.3 is 0 Å². The normalized spacial score (nSPS) is 16.7. The lowest BCUT2D eigenvalue weighted by atomic mass is 10.1. The predicted molar refractivity (Wildman–Crippen MR) is 62.8 cm³/mol. The molecule has 16 heavy (non-hydrogen) atoms. The second-order valence-electron chi connectivity index (χ2n) is 4.72. The fourth-order valence-electron chi connectivity index (χ4n) is 1.64. The minimum Gasteiger partial charge on any atom is -0.496 e. The standard InChI is InChI=1S/C13H17NO2/c1-9-4-5-10(11(8-9)16-3)12(15)14-13(2)6-7-13/h4-5,8H,6-7H2,1-3H3,(H,14,15). The van der Waals surface area contributed by atoms with Crippen molar-refractivity contribution in [1.82, 2.24) is 5.32 Å². The fourth-order valence-corrected chi connectivity index (χ4v) is 1.64. The van der Waals surface area contributed by atoms with E-state index in [4.69, 9.17) is 4.74 Å². The lowest BCUT2D eigenvalue weighted by Crippen LogP contribution is -2.34. The van der Waals surface area contributed by atoms with Crippen molar-refractivity contribution in [2.45, 2.75) is 32.2 Å². The summed E-state index contributed by atoms with van der Waals surface area (Å²) >= 11 is 0. The number of aryl methyl sites for hydroxylation is 1. The molecule has 0 spiro atoms. The molecule has 0 bridgehead atoms. The van der Waals surface area contributed by atoms with Crippen molar-refractivity contribution < 1.29 is 9.53 Å². The zero-order valence-corrected chi connectivity index (χ0v) is 9.96. The first-order chi connectivity index (χ1) is 7.54. The summed E-state index contributed by atoms with van der Waals surface area (Å²) in [6, 6.07) is 5.62. The maximum Gasteiger partial charge on any atom is 0.255 e. The second kappa shape index (κ2) is 3.81. The molecule has 0 heterocycles. The van der Waals surface area contributed by atoms with Gasteiger partial charge in [0.15, 0.2) is 0 Å². The molecule has 86 valence electrons. The van der Waals surface area contributed by atoms with Crippen LogP contribution in [0.3, 0.4) is 0 Å². The number of rotatable bonds is 3. The molecule has 0 atom stereocenters. The van der Waals surface area contributed by atoms with E-state index >= 15 is 0 Å². The Morgan fingerprint density at radius 1 is 1.44 bits per heavy atom. The van der Waals surface area contributed by atoms with Gasteiger partial charge in [-0.3, -0.25) is 4.79 Å². The van der Waals surface area contributed by atoms with Crippen molar-refractivity contribution in [3.63, 3.8) is 0 Å². The molecule has 0 aromatic heterocycles. The van der Waals surface area contributed by atoms with Crippen molar-refractivity contribution in [2.75, 3.05) is 7.11 Å². The molecule has 1 saturated carbocycles. The molecule has 1 aromatic rings. The SMILES string of the molecule is COc1cc(C)ccc1C(=O)NC1(C)CC1. The number of hydrogen-bond donors (Lipinski definition) is 1. The Morgan fingerprint density at radius 2 is 2.12 bits per heavy atom. The summed E-state index contributed by atoms with van der Waals surface area (Å²) in [6.45, 7) is 4.04. The molecule has 3 nitrogen and oxygen atoms in total. The first-order valence-electron chi connectivity index (χ1n) is 5.51. The maximum absolute atomic E-state index is 12.0. The molecule has 0 radical (unpaired) electrons. The van der Waals surface area contributed by atoms with E-state index in [1.54, 1.807) is 7.11 Å². The summed E-state index contributed by atoms with van der Waals surface area (Å²) in [5.41, 5.74) is 1.71. The average Bonchev–Trinajstić information content (AvgIpc) is 2.95. The zero-order chi connectivity index (χ0) is 11.8. The van der Waals surface area contributed by atoms with Gasteiger partial charge < -0.3 is 10.1 Å². The van der Waals surface area contributed by atoms with E-state index in [1.807, 2.05) is 25.1 Å². The van der Waals surface area contributed by atoms with Crippen LogP contribution in [-0.4, -0.2) is 18.6 Å². The number of benzene rings is 1. The molecule has 0 saturated heterocycles. The number of hydrogen-bond acceptors (Lipinski definition) is 2. The van der Waals surface area contributed by atoms with Gasteiger partial charge in [-0.05, 0) is 44.4 Å². The Morgan fingerprint density at radius 3 is 2.69 bits per heavy atom. The number of carbonyl (C=O) groups is 1. The average molecular weight is 219 g/mol. The Balaban J connectivity index is 2.21. The Bertz CT molecular complexity index is 422. The molecule has 2 rings (SSSR count). The van der Waals surface area contributed by atoms with Crippen LogP contribution in [0.5, 0.6) is 5.75 Å². The first-order valence-corrected chi connectivity index (χ1v) is 5.51. The van der Waals surface area contributed by atoms with Gasteiger partial charge in [0.25, 0.3) is 5.91 Å². The Labute approximate surface area is 95.8 Å². The first kappa shape index (κ1) is 11.0. The van der Waals surface area contributed by atoms with Crippen LogP contribution in [0, 0.1) is 6.92 Å². The van der Waals surface area contributed by atoms with Gasteiger partial charge in [0.2, 0.25) is 0 Å². The highest BCUT2D eigenvalue weighted by molar-refractivity contribution is 5.97. The molecule has 1 aliphatic rings. The molecule has 1 N–H and O–H groups in total. The molecule has 3 heteroatoms. The minimum atomic E-state index is -0.0446. The van der Waals surface area contributed by atoms with Crippen LogP contribution in [0.4, 0.5) is 0 Å². The van der Waals surface area contributed by atoms with E-state index in [2.05, 4.69) is 12.2 Å². The van der Waals surface area contributed by atoms with Crippen molar-refractivity contribution in [1.29, 1.82) is 0 Å². The number of amides is 1. The van der Waals surface area contributed by atoms with Crippen LogP contribution >= 0.6 is 0 Å². The summed E-state index contributed by atoms with van der Waals surface area (Å²) in [5, 5.41) is 3.02. The van der Waals surface area contributed by atoms with E-state index in [0.717, 1.165) is 18.4 Å². The number of methoxy groups -OCH3 is 1. The minimum absolute atomic E-state index is 0.00693. The summed E-state index contributed by atoms with van der Waals surface area (Å²) in [7, 11) is 1.59. The van der Waals surface area contributed by atoms with Gasteiger partial charge in [-0.2, -0.15) is 0 Å². The molecule has 1 aliphatic carbocycles. The van der Waals surface area contributed by atoms with Gasteiger partial charge in [0.1, 0.15) is 5.75 Å². The number of carbonyl (C=O) groups excluding carboxylic acids is 1. The lowest BCUT2D eigenvalue weighted by molar-refractivity contribution is 0.0932. The summed E-state index contributed by atoms with van der Waals surface area (Å²) < 4.78 is 5.22. The largest absolute Gasteiger partial charge is 0.496 e. The van der Waals surface area contributed by atoms with E-state index in [9.17, 15) is 4.79 Å². The van der Waals surface area contributed by atoms with Crippen LogP contribution in [0.25, 0.3) is 0 Å². The molecule has 1 fully saturated rings. The molecule has 0 unspecified atom stereocenters. The van der Waals surface area contributed by atoms with Crippen molar-refractivity contribution in [2.24, 2.45) is 0 Å². The second-order valence-corrected chi connectivity index (χ2v) is 4.72. The molecule has 1 amide bonds. The summed E-state index contributed by atoms with van der Waals surface area (Å²) in [4.78, 5) is 12.0. The summed E-state index contributed by atoms with van der Waals surface area (Å²) in [5.74, 6) is 0.596. The monoisotopic (exact) mass is 219 g/mol. The molecular formula is C13H17NO2. The fraction of sp³-hybridized carbons (Fsp3) is 0.462. The smallest absolute Gasteiger partial charge is 0.255 e. The lowest BCUT2D eigenvalue weighted by Gasteiger charge is -2.14. The van der Waals surface area contributed by atoms with Gasteiger partial charge in [-0.15, -0.1) is 0 Å². The van der Waals surface area contributed by atoms with Gasteiger partial charge in [0.05, 0.1) is 12.7 Å². The third kappa shape index (κ3) is 2.18. The zero-order valence-electron chi connectivity index (χ0n) is 9.96. The molecule has 0 aliphatic heterocycles. The molecule has 1 aromatic carbocycles. The predicted octanol–water partition coefficient (Wildman–Crippen LogP) is 2.29. The Hall–Kier alpha value is -1.51. The van der Waals surface area contributed by atoms with Gasteiger partial charge in [0, 0.05) is 5.54 Å². The highest BCUT2D eigenvalue weighted by Crippen LogP contribution is 2.35. The number of nitrogens with one attached hydrogen (secondary N) is 1. The summed E-state index contributed by atoms with van der Waals surface area (Å²) in [6.07, 6.45) is 2.12. The highest BCUT2D eigenvalue weighted by atomic mass is 16.5. The third-order valence-electron chi connectivity index (χ3n) is 3.02. The quantitative estimate of drug-likeness (QED) is 0.847. The van der Waals surface area contributed by atoms with E-state index in [0.29, 0.717) is 11.3 Å². The van der Waals surface area contributed by atoms with Gasteiger partial charge in [-0.25, -0.2) is 0 Å². The highest BCUT2D eigenvalue weighted by Gasteiger charge is 2.39. The van der Waals surface area contributed by atoms with Crippen LogP contribution < -0.4 is 10.1 Å². The van der Waals surface area contributed by atoms with E-state index < -0.39 is 0 Å². The number of ether oxygens (including phenoxy) is 1. The van der Waals surface area contributed by atoms with Crippen molar-refractivity contribution in [3.8, 4) is 5.75 Å².